The van der Waals surface area contributed by atoms with E-state index in [1.54, 1.807) is 13.1 Å². The van der Waals surface area contributed by atoms with Crippen molar-refractivity contribution in [2.24, 2.45) is 0 Å². The van der Waals surface area contributed by atoms with Crippen LogP contribution in [0.5, 0.6) is 0 Å². The van der Waals surface area contributed by atoms with E-state index in [1.807, 2.05) is 31.5 Å². The maximum Gasteiger partial charge on any atom is 0.105 e. The molecule has 0 aliphatic rings. The normalized spacial score (nSPS) is 12.9. The Labute approximate surface area is 95.2 Å². The highest BCUT2D eigenvalue weighted by Gasteiger charge is 2.06. The van der Waals surface area contributed by atoms with E-state index in [1.165, 1.54) is 0 Å². The Balaban J connectivity index is 2.05. The second-order valence-corrected chi connectivity index (χ2v) is 3.97. The largest absolute Gasteiger partial charge is 0.387 e. The highest BCUT2D eigenvalue weighted by atomic mass is 16.3. The van der Waals surface area contributed by atoms with Gasteiger partial charge in [-0.15, -0.1) is 0 Å². The number of nitrogens with zero attached hydrogens (tertiary/aromatic N) is 3. The number of aliphatic hydroxyl groups excluding tert-OH is 1. The van der Waals surface area contributed by atoms with Gasteiger partial charge in [-0.05, 0) is 26.0 Å². The molecule has 1 unspecified atom stereocenters. The van der Waals surface area contributed by atoms with Crippen LogP contribution in [-0.4, -0.2) is 19.2 Å². The molecular formula is C12H17N3O. The third-order valence-electron chi connectivity index (χ3n) is 2.80. The van der Waals surface area contributed by atoms with Crippen LogP contribution in [0.4, 0.5) is 0 Å². The predicted octanol–water partition coefficient (Wildman–Crippen LogP) is 1.75. The first kappa shape index (κ1) is 11.0. The molecule has 4 heteroatoms. The summed E-state index contributed by atoms with van der Waals surface area (Å²) in [5, 5.41) is 9.57. The number of hydrogen-bond donors (Lipinski definition) is 1. The van der Waals surface area contributed by atoms with E-state index in [0.29, 0.717) is 0 Å². The molecule has 0 bridgehead atoms. The van der Waals surface area contributed by atoms with Crippen LogP contribution in [0.1, 0.15) is 24.5 Å². The molecule has 1 atom stereocenters. The van der Waals surface area contributed by atoms with Crippen molar-refractivity contribution in [2.75, 3.05) is 0 Å². The molecule has 0 amide bonds. The lowest BCUT2D eigenvalue weighted by Crippen LogP contribution is -2.10. The Kier molecular flexibility index (Phi) is 3.10. The van der Waals surface area contributed by atoms with Crippen molar-refractivity contribution in [3.8, 4) is 0 Å². The van der Waals surface area contributed by atoms with Crippen LogP contribution < -0.4 is 0 Å². The molecular weight excluding hydrogens is 202 g/mol. The molecule has 0 aromatic carbocycles. The Morgan fingerprint density at radius 2 is 2.06 bits per heavy atom. The molecule has 0 saturated heterocycles. The van der Waals surface area contributed by atoms with Gasteiger partial charge in [0, 0.05) is 37.4 Å². The zero-order valence-electron chi connectivity index (χ0n) is 9.67. The second kappa shape index (κ2) is 4.53. The van der Waals surface area contributed by atoms with Crippen LogP contribution in [0, 0.1) is 6.92 Å². The summed E-state index contributed by atoms with van der Waals surface area (Å²) >= 11 is 0. The quantitative estimate of drug-likeness (QED) is 0.851. The summed E-state index contributed by atoms with van der Waals surface area (Å²) in [6.07, 6.45) is 5.36. The summed E-state index contributed by atoms with van der Waals surface area (Å²) in [6.45, 7) is 5.50. The van der Waals surface area contributed by atoms with E-state index >= 15 is 0 Å². The molecule has 2 heterocycles. The van der Waals surface area contributed by atoms with Crippen LogP contribution >= 0.6 is 0 Å². The average Bonchev–Trinajstić information content (AvgIpc) is 2.83. The molecule has 2 aromatic rings. The molecule has 2 rings (SSSR count). The highest BCUT2D eigenvalue weighted by molar-refractivity contribution is 5.09. The molecule has 0 radical (unpaired) electrons. The molecule has 1 N–H and O–H groups in total. The van der Waals surface area contributed by atoms with Gasteiger partial charge in [-0.25, -0.2) is 4.98 Å². The predicted molar refractivity (Wildman–Crippen MR) is 62.0 cm³/mol. The maximum atomic E-state index is 9.57. The zero-order chi connectivity index (χ0) is 11.5. The van der Waals surface area contributed by atoms with Gasteiger partial charge in [-0.1, -0.05) is 0 Å². The summed E-state index contributed by atoms with van der Waals surface area (Å²) in [5.41, 5.74) is 0.956. The third kappa shape index (κ3) is 2.17. The van der Waals surface area contributed by atoms with Crippen LogP contribution in [0.25, 0.3) is 0 Å². The number of hydrogen-bond acceptors (Lipinski definition) is 2. The zero-order valence-corrected chi connectivity index (χ0v) is 9.67. The van der Waals surface area contributed by atoms with Gasteiger partial charge in [0.2, 0.25) is 0 Å². The first-order valence-electron chi connectivity index (χ1n) is 5.49. The number of aryl methyl sites for hydroxylation is 3. The fourth-order valence-electron chi connectivity index (χ4n) is 1.87. The first-order valence-corrected chi connectivity index (χ1v) is 5.49. The Morgan fingerprint density at radius 3 is 2.69 bits per heavy atom. The molecule has 0 aliphatic heterocycles. The van der Waals surface area contributed by atoms with Crippen LogP contribution in [0.15, 0.2) is 30.7 Å². The van der Waals surface area contributed by atoms with E-state index < -0.39 is 6.10 Å². The van der Waals surface area contributed by atoms with Gasteiger partial charge < -0.3 is 14.2 Å². The van der Waals surface area contributed by atoms with Crippen molar-refractivity contribution in [3.05, 3.63) is 42.2 Å². The van der Waals surface area contributed by atoms with Gasteiger partial charge in [0.1, 0.15) is 5.82 Å². The average molecular weight is 219 g/mol. The van der Waals surface area contributed by atoms with Crippen LogP contribution in [0.3, 0.4) is 0 Å². The molecule has 0 spiro atoms. The van der Waals surface area contributed by atoms with Crippen molar-refractivity contribution >= 4 is 0 Å². The van der Waals surface area contributed by atoms with E-state index in [0.717, 1.165) is 24.6 Å². The van der Waals surface area contributed by atoms with Gasteiger partial charge >= 0.3 is 0 Å². The SMILES string of the molecule is Cc1nccn1CCn1cccc1C(C)O. The van der Waals surface area contributed by atoms with Gasteiger partial charge in [0.05, 0.1) is 6.10 Å². The van der Waals surface area contributed by atoms with Gasteiger partial charge in [-0.2, -0.15) is 0 Å². The number of aromatic nitrogens is 3. The number of rotatable bonds is 4. The van der Waals surface area contributed by atoms with Crippen molar-refractivity contribution in [3.63, 3.8) is 0 Å². The monoisotopic (exact) mass is 219 g/mol. The molecule has 86 valence electrons. The van der Waals surface area contributed by atoms with Crippen molar-refractivity contribution < 1.29 is 5.11 Å². The standard InChI is InChI=1S/C12H17N3O/c1-10(16)12-4-3-6-15(12)9-8-14-7-5-13-11(14)2/h3-7,10,16H,8-9H2,1-2H3. The third-order valence-corrected chi connectivity index (χ3v) is 2.80. The minimum absolute atomic E-state index is 0.418. The number of imidazole rings is 1. The minimum Gasteiger partial charge on any atom is -0.387 e. The van der Waals surface area contributed by atoms with Crippen LogP contribution in [0.2, 0.25) is 0 Å². The molecule has 2 aromatic heterocycles. The lowest BCUT2D eigenvalue weighted by Gasteiger charge is -2.12. The minimum atomic E-state index is -0.418. The van der Waals surface area contributed by atoms with Gasteiger partial charge in [0.15, 0.2) is 0 Å². The van der Waals surface area contributed by atoms with E-state index in [4.69, 9.17) is 0 Å². The van der Waals surface area contributed by atoms with Gasteiger partial charge in [-0.3, -0.25) is 0 Å². The molecule has 0 aliphatic carbocycles. The summed E-state index contributed by atoms with van der Waals surface area (Å²) in [6, 6.07) is 3.91. The molecule has 0 saturated carbocycles. The summed E-state index contributed by atoms with van der Waals surface area (Å²) in [4.78, 5) is 4.18. The highest BCUT2D eigenvalue weighted by Crippen LogP contribution is 2.13. The Morgan fingerprint density at radius 1 is 1.31 bits per heavy atom. The maximum absolute atomic E-state index is 9.57. The van der Waals surface area contributed by atoms with Crippen molar-refractivity contribution in [2.45, 2.75) is 33.0 Å². The fraction of sp³-hybridized carbons (Fsp3) is 0.417. The summed E-state index contributed by atoms with van der Waals surface area (Å²) in [7, 11) is 0. The topological polar surface area (TPSA) is 43.0 Å². The molecule has 4 nitrogen and oxygen atoms in total. The summed E-state index contributed by atoms with van der Waals surface area (Å²) in [5.74, 6) is 1.02. The smallest absolute Gasteiger partial charge is 0.105 e. The van der Waals surface area contributed by atoms with E-state index in [-0.39, 0.29) is 0 Å². The lowest BCUT2D eigenvalue weighted by molar-refractivity contribution is 0.188. The lowest BCUT2D eigenvalue weighted by atomic mass is 10.3. The Hall–Kier alpha value is -1.55. The second-order valence-electron chi connectivity index (χ2n) is 3.97. The first-order chi connectivity index (χ1) is 7.68. The summed E-state index contributed by atoms with van der Waals surface area (Å²) < 4.78 is 4.18. The van der Waals surface area contributed by atoms with Crippen LogP contribution in [-0.2, 0) is 13.1 Å². The fourth-order valence-corrected chi connectivity index (χ4v) is 1.87. The van der Waals surface area contributed by atoms with Gasteiger partial charge in [0.25, 0.3) is 0 Å². The Bertz CT molecular complexity index is 456. The molecule has 0 fully saturated rings. The molecule has 16 heavy (non-hydrogen) atoms. The number of aliphatic hydroxyl groups is 1. The van der Waals surface area contributed by atoms with Crippen molar-refractivity contribution in [1.29, 1.82) is 0 Å². The van der Waals surface area contributed by atoms with Crippen molar-refractivity contribution in [1.82, 2.24) is 14.1 Å². The van der Waals surface area contributed by atoms with E-state index in [9.17, 15) is 5.11 Å². The van der Waals surface area contributed by atoms with E-state index in [2.05, 4.69) is 14.1 Å².